The molecule has 2 heterocycles. The monoisotopic (exact) mass is 448 g/mol. The SMILES string of the molecule is O=C(Nc1ccc(F)c(NC(=O)c2cc3ccccc3s2)c1)c1ccc2c(c1)OCCO2. The number of rotatable bonds is 4. The highest BCUT2D eigenvalue weighted by Crippen LogP contribution is 2.31. The maximum Gasteiger partial charge on any atom is 0.265 e. The van der Waals surface area contributed by atoms with Crippen molar-refractivity contribution in [1.82, 2.24) is 0 Å². The molecule has 1 aliphatic rings. The van der Waals surface area contributed by atoms with Gasteiger partial charge < -0.3 is 20.1 Å². The fourth-order valence-electron chi connectivity index (χ4n) is 3.36. The molecule has 0 bridgehead atoms. The molecule has 0 saturated carbocycles. The molecule has 1 aliphatic heterocycles. The van der Waals surface area contributed by atoms with Gasteiger partial charge in [-0.05, 0) is 53.9 Å². The lowest BCUT2D eigenvalue weighted by molar-refractivity contribution is 0.102. The van der Waals surface area contributed by atoms with Crippen LogP contribution in [0, 0.1) is 5.82 Å². The predicted molar refractivity (Wildman–Crippen MR) is 122 cm³/mol. The van der Waals surface area contributed by atoms with Crippen LogP contribution >= 0.6 is 11.3 Å². The van der Waals surface area contributed by atoms with Gasteiger partial charge in [-0.1, -0.05) is 18.2 Å². The first-order valence-corrected chi connectivity index (χ1v) is 10.7. The van der Waals surface area contributed by atoms with E-state index in [1.807, 2.05) is 24.3 Å². The number of thiophene rings is 1. The van der Waals surface area contributed by atoms with Crippen LogP contribution < -0.4 is 20.1 Å². The molecule has 3 aromatic carbocycles. The number of anilines is 2. The summed E-state index contributed by atoms with van der Waals surface area (Å²) in [6.07, 6.45) is 0. The Morgan fingerprint density at radius 1 is 0.844 bits per heavy atom. The topological polar surface area (TPSA) is 76.7 Å². The number of carbonyl (C=O) groups excluding carboxylic acids is 2. The molecule has 0 unspecified atom stereocenters. The van der Waals surface area contributed by atoms with Crippen LogP contribution in [0.25, 0.3) is 10.1 Å². The number of hydrogen-bond donors (Lipinski definition) is 2. The van der Waals surface area contributed by atoms with Crippen molar-refractivity contribution in [3.63, 3.8) is 0 Å². The van der Waals surface area contributed by atoms with Crippen LogP contribution in [0.1, 0.15) is 20.0 Å². The van der Waals surface area contributed by atoms with Gasteiger partial charge in [0.05, 0.1) is 10.6 Å². The third-order valence-corrected chi connectivity index (χ3v) is 6.04. The van der Waals surface area contributed by atoms with Gasteiger partial charge >= 0.3 is 0 Å². The van der Waals surface area contributed by atoms with Gasteiger partial charge in [0.1, 0.15) is 19.0 Å². The molecular weight excluding hydrogens is 431 g/mol. The van der Waals surface area contributed by atoms with Crippen molar-refractivity contribution in [2.24, 2.45) is 0 Å². The molecule has 6 nitrogen and oxygen atoms in total. The van der Waals surface area contributed by atoms with Crippen molar-refractivity contribution in [3.05, 3.63) is 83.0 Å². The highest BCUT2D eigenvalue weighted by atomic mass is 32.1. The second kappa shape index (κ2) is 8.32. The van der Waals surface area contributed by atoms with E-state index in [4.69, 9.17) is 9.47 Å². The van der Waals surface area contributed by atoms with Crippen LogP contribution in [0.15, 0.2) is 66.7 Å². The Morgan fingerprint density at radius 3 is 2.50 bits per heavy atom. The van der Waals surface area contributed by atoms with Crippen LogP contribution in [-0.4, -0.2) is 25.0 Å². The summed E-state index contributed by atoms with van der Waals surface area (Å²) in [6.45, 7) is 0.878. The summed E-state index contributed by atoms with van der Waals surface area (Å²) >= 11 is 1.33. The summed E-state index contributed by atoms with van der Waals surface area (Å²) in [5, 5.41) is 6.25. The van der Waals surface area contributed by atoms with E-state index in [1.54, 1.807) is 24.3 Å². The highest BCUT2D eigenvalue weighted by Gasteiger charge is 2.17. The number of amides is 2. The molecule has 0 aliphatic carbocycles. The van der Waals surface area contributed by atoms with E-state index in [0.717, 1.165) is 10.1 Å². The van der Waals surface area contributed by atoms with Crippen molar-refractivity contribution in [2.75, 3.05) is 23.8 Å². The lowest BCUT2D eigenvalue weighted by Crippen LogP contribution is -2.17. The van der Waals surface area contributed by atoms with Crippen LogP contribution in [0.4, 0.5) is 15.8 Å². The number of ether oxygens (including phenoxy) is 2. The third-order valence-electron chi connectivity index (χ3n) is 4.93. The first kappa shape index (κ1) is 20.0. The molecule has 32 heavy (non-hydrogen) atoms. The van der Waals surface area contributed by atoms with E-state index in [-0.39, 0.29) is 5.69 Å². The minimum Gasteiger partial charge on any atom is -0.486 e. The van der Waals surface area contributed by atoms with Gasteiger partial charge in [-0.25, -0.2) is 4.39 Å². The number of hydrogen-bond acceptors (Lipinski definition) is 5. The second-order valence-corrected chi connectivity index (χ2v) is 8.19. The third kappa shape index (κ3) is 4.00. The zero-order chi connectivity index (χ0) is 22.1. The molecule has 2 amide bonds. The Morgan fingerprint density at radius 2 is 1.66 bits per heavy atom. The Labute approximate surface area is 186 Å². The Balaban J connectivity index is 1.33. The Bertz CT molecular complexity index is 1320. The molecule has 0 atom stereocenters. The van der Waals surface area contributed by atoms with Crippen LogP contribution in [0.5, 0.6) is 11.5 Å². The molecule has 0 fully saturated rings. The lowest BCUT2D eigenvalue weighted by atomic mass is 10.1. The van der Waals surface area contributed by atoms with Gasteiger partial charge in [0, 0.05) is 16.0 Å². The molecule has 0 radical (unpaired) electrons. The van der Waals surface area contributed by atoms with E-state index in [0.29, 0.717) is 40.8 Å². The standard InChI is InChI=1S/C24H17FN2O4S/c25-17-7-6-16(26-23(28)15-5-8-19-20(11-15)31-10-9-30-19)13-18(17)27-24(29)22-12-14-3-1-2-4-21(14)32-22/h1-8,11-13H,9-10H2,(H,26,28)(H,27,29). The van der Waals surface area contributed by atoms with Gasteiger partial charge in [0.25, 0.3) is 11.8 Å². The fraction of sp³-hybridized carbons (Fsp3) is 0.0833. The van der Waals surface area contributed by atoms with Crippen LogP contribution in [-0.2, 0) is 0 Å². The lowest BCUT2D eigenvalue weighted by Gasteiger charge is -2.18. The zero-order valence-corrected chi connectivity index (χ0v) is 17.5. The van der Waals surface area contributed by atoms with E-state index < -0.39 is 17.6 Å². The molecule has 160 valence electrons. The smallest absolute Gasteiger partial charge is 0.265 e. The predicted octanol–water partition coefficient (Wildman–Crippen LogP) is 5.32. The number of carbonyl (C=O) groups is 2. The molecule has 0 saturated heterocycles. The molecule has 4 aromatic rings. The van der Waals surface area contributed by atoms with E-state index in [2.05, 4.69) is 10.6 Å². The number of nitrogens with one attached hydrogen (secondary N) is 2. The van der Waals surface area contributed by atoms with Crippen molar-refractivity contribution >= 4 is 44.6 Å². The number of halogens is 1. The quantitative estimate of drug-likeness (QED) is 0.443. The summed E-state index contributed by atoms with van der Waals surface area (Å²) < 4.78 is 26.3. The van der Waals surface area contributed by atoms with Crippen LogP contribution in [0.3, 0.4) is 0 Å². The largest absolute Gasteiger partial charge is 0.486 e. The second-order valence-electron chi connectivity index (χ2n) is 7.11. The fourth-order valence-corrected chi connectivity index (χ4v) is 4.32. The summed E-state index contributed by atoms with van der Waals surface area (Å²) in [5.74, 6) is -0.326. The zero-order valence-electron chi connectivity index (χ0n) is 16.7. The molecule has 8 heteroatoms. The number of benzene rings is 3. The van der Waals surface area contributed by atoms with E-state index in [1.165, 1.54) is 29.5 Å². The average molecular weight is 448 g/mol. The molecular formula is C24H17FN2O4S. The Kier molecular flexibility index (Phi) is 5.20. The van der Waals surface area contributed by atoms with Crippen molar-refractivity contribution in [3.8, 4) is 11.5 Å². The first-order valence-electron chi connectivity index (χ1n) is 9.87. The van der Waals surface area contributed by atoms with Gasteiger partial charge in [-0.15, -0.1) is 11.3 Å². The van der Waals surface area contributed by atoms with Gasteiger partial charge in [0.15, 0.2) is 11.5 Å². The summed E-state index contributed by atoms with van der Waals surface area (Å²) in [7, 11) is 0. The van der Waals surface area contributed by atoms with Crippen LogP contribution in [0.2, 0.25) is 0 Å². The highest BCUT2D eigenvalue weighted by molar-refractivity contribution is 7.20. The van der Waals surface area contributed by atoms with Crippen molar-refractivity contribution in [1.29, 1.82) is 0 Å². The molecule has 1 aromatic heterocycles. The average Bonchev–Trinajstić information content (AvgIpc) is 3.25. The first-order chi connectivity index (χ1) is 15.6. The van der Waals surface area contributed by atoms with Gasteiger partial charge in [-0.3, -0.25) is 9.59 Å². The normalized spacial score (nSPS) is 12.4. The molecule has 0 spiro atoms. The minimum atomic E-state index is -0.600. The summed E-state index contributed by atoms with van der Waals surface area (Å²) in [6, 6.07) is 18.3. The van der Waals surface area contributed by atoms with Crippen molar-refractivity contribution < 1.29 is 23.5 Å². The van der Waals surface area contributed by atoms with E-state index in [9.17, 15) is 14.0 Å². The Hall–Kier alpha value is -3.91. The van der Waals surface area contributed by atoms with Gasteiger partial charge in [0.2, 0.25) is 0 Å². The molecule has 5 rings (SSSR count). The number of fused-ring (bicyclic) bond motifs is 2. The summed E-state index contributed by atoms with van der Waals surface area (Å²) in [5.41, 5.74) is 0.694. The van der Waals surface area contributed by atoms with Crippen molar-refractivity contribution in [2.45, 2.75) is 0 Å². The minimum absolute atomic E-state index is 0.0209. The van der Waals surface area contributed by atoms with E-state index >= 15 is 0 Å². The van der Waals surface area contributed by atoms with Gasteiger partial charge in [-0.2, -0.15) is 0 Å². The maximum absolute atomic E-state index is 14.3. The molecule has 2 N–H and O–H groups in total. The summed E-state index contributed by atoms with van der Waals surface area (Å²) in [4.78, 5) is 25.8. The maximum atomic E-state index is 14.3.